The molecule has 340 valence electrons. The number of rotatable bonds is 46. The van der Waals surface area contributed by atoms with E-state index in [0.29, 0.717) is 32.2 Å². The van der Waals surface area contributed by atoms with Gasteiger partial charge in [-0.2, -0.15) is 0 Å². The van der Waals surface area contributed by atoms with Gasteiger partial charge in [-0.15, -0.1) is 0 Å². The summed E-state index contributed by atoms with van der Waals surface area (Å²) in [6.07, 6.45) is 53.7. The highest BCUT2D eigenvalue weighted by atomic mass is 16.5. The van der Waals surface area contributed by atoms with Crippen molar-refractivity contribution in [1.82, 2.24) is 5.32 Å². The van der Waals surface area contributed by atoms with E-state index in [1.54, 1.807) is 0 Å². The van der Waals surface area contributed by atoms with Crippen LogP contribution in [0, 0.1) is 0 Å². The smallest absolute Gasteiger partial charge is 0.326 e. The van der Waals surface area contributed by atoms with E-state index in [0.717, 1.165) is 70.6 Å². The van der Waals surface area contributed by atoms with Crippen LogP contribution in [-0.4, -0.2) is 41.6 Å². The maximum absolute atomic E-state index is 12.9. The van der Waals surface area contributed by atoms with Gasteiger partial charge in [0.05, 0.1) is 0 Å². The van der Waals surface area contributed by atoms with Crippen molar-refractivity contribution >= 4 is 17.8 Å². The summed E-state index contributed by atoms with van der Waals surface area (Å²) >= 11 is 0. The molecule has 0 aliphatic rings. The maximum Gasteiger partial charge on any atom is 0.326 e. The first-order valence-electron chi connectivity index (χ1n) is 25.2. The van der Waals surface area contributed by atoms with Gasteiger partial charge in [0.25, 0.3) is 0 Å². The topological polar surface area (TPSA) is 119 Å². The average Bonchev–Trinajstić information content (AvgIpc) is 3.21. The molecule has 0 aliphatic heterocycles. The van der Waals surface area contributed by atoms with Gasteiger partial charge in [-0.25, -0.2) is 4.79 Å². The number of ether oxygens (including phenoxy) is 1. The fourth-order valence-electron chi connectivity index (χ4n) is 7.68. The molecule has 0 heterocycles. The highest BCUT2D eigenvalue weighted by molar-refractivity contribution is 5.83. The van der Waals surface area contributed by atoms with Crippen molar-refractivity contribution < 1.29 is 24.2 Å². The molecule has 0 radical (unpaired) electrons. The van der Waals surface area contributed by atoms with Gasteiger partial charge in [0.15, 0.2) is 0 Å². The lowest BCUT2D eigenvalue weighted by Crippen LogP contribution is -2.40. The molecule has 0 rings (SSSR count). The Balaban J connectivity index is 4.32. The number of nitrogens with one attached hydrogen (secondary N) is 1. The predicted molar refractivity (Wildman–Crippen MR) is 248 cm³/mol. The van der Waals surface area contributed by atoms with Crippen LogP contribution in [0.5, 0.6) is 0 Å². The highest BCUT2D eigenvalue weighted by Gasteiger charge is 2.19. The zero-order valence-corrected chi connectivity index (χ0v) is 38.4. The van der Waals surface area contributed by atoms with Gasteiger partial charge < -0.3 is 20.9 Å². The van der Waals surface area contributed by atoms with Crippen molar-refractivity contribution in [3.8, 4) is 0 Å². The molecule has 0 aliphatic carbocycles. The maximum atomic E-state index is 12.9. The lowest BCUT2D eigenvalue weighted by atomic mass is 10.0. The first kappa shape index (κ1) is 55.9. The minimum absolute atomic E-state index is 0.00268. The Morgan fingerprint density at radius 3 is 1.26 bits per heavy atom. The molecule has 0 saturated heterocycles. The molecular formula is C51H96N2O5. The van der Waals surface area contributed by atoms with E-state index in [1.807, 2.05) is 0 Å². The fraction of sp³-hybridized carbons (Fsp3) is 0.863. The Kier molecular flexibility index (Phi) is 44.2. The molecule has 2 atom stereocenters. The van der Waals surface area contributed by atoms with Gasteiger partial charge in [0.2, 0.25) is 5.91 Å². The largest absolute Gasteiger partial charge is 0.480 e. The average molecular weight is 817 g/mol. The number of hydrogen-bond acceptors (Lipinski definition) is 5. The predicted octanol–water partition coefficient (Wildman–Crippen LogP) is 14.8. The van der Waals surface area contributed by atoms with Gasteiger partial charge in [-0.3, -0.25) is 9.59 Å². The van der Waals surface area contributed by atoms with Crippen LogP contribution in [0.25, 0.3) is 0 Å². The number of carbonyl (C=O) groups excluding carboxylic acids is 2. The number of carboxylic acids is 1. The number of unbranched alkanes of at least 4 members (excludes halogenated alkanes) is 28. The Hall–Kier alpha value is -2.15. The van der Waals surface area contributed by atoms with Gasteiger partial charge in [0, 0.05) is 12.8 Å². The minimum Gasteiger partial charge on any atom is -0.480 e. The molecule has 4 N–H and O–H groups in total. The normalized spacial score (nSPS) is 12.7. The molecule has 0 spiro atoms. The summed E-state index contributed by atoms with van der Waals surface area (Å²) < 4.78 is 6.07. The van der Waals surface area contributed by atoms with E-state index in [4.69, 9.17) is 10.5 Å². The molecule has 1 amide bonds. The summed E-state index contributed by atoms with van der Waals surface area (Å²) in [6.45, 7) is 4.96. The first-order valence-corrected chi connectivity index (χ1v) is 25.2. The van der Waals surface area contributed by atoms with Gasteiger partial charge >= 0.3 is 11.9 Å². The third-order valence-electron chi connectivity index (χ3n) is 11.5. The third-order valence-corrected chi connectivity index (χ3v) is 11.5. The SMILES string of the molecule is CCCCCCCC/C=C\CCCCCCCCCC(=O)OC(CCCCC/C=C\CCCCCCCCCC)CCCCCCCC(=O)NC(CCCN)C(=O)O. The summed E-state index contributed by atoms with van der Waals surface area (Å²) in [5, 5.41) is 12.0. The van der Waals surface area contributed by atoms with Crippen LogP contribution >= 0.6 is 0 Å². The van der Waals surface area contributed by atoms with Gasteiger partial charge in [0.1, 0.15) is 12.1 Å². The van der Waals surface area contributed by atoms with Gasteiger partial charge in [-0.05, 0) is 109 Å². The number of carbonyl (C=O) groups is 3. The van der Waals surface area contributed by atoms with Crippen molar-refractivity contribution in [3.05, 3.63) is 24.3 Å². The molecule has 0 aromatic rings. The van der Waals surface area contributed by atoms with Crippen LogP contribution < -0.4 is 11.1 Å². The van der Waals surface area contributed by atoms with E-state index in [2.05, 4.69) is 43.5 Å². The molecule has 0 bridgehead atoms. The molecule has 0 fully saturated rings. The fourth-order valence-corrected chi connectivity index (χ4v) is 7.68. The Morgan fingerprint density at radius 1 is 0.483 bits per heavy atom. The quantitative estimate of drug-likeness (QED) is 0.0320. The minimum atomic E-state index is -1.00. The molecular weight excluding hydrogens is 721 g/mol. The zero-order valence-electron chi connectivity index (χ0n) is 38.4. The van der Waals surface area contributed by atoms with E-state index in [1.165, 1.54) is 154 Å². The van der Waals surface area contributed by atoms with E-state index in [-0.39, 0.29) is 18.0 Å². The van der Waals surface area contributed by atoms with E-state index < -0.39 is 12.0 Å². The monoisotopic (exact) mass is 817 g/mol. The number of aliphatic carboxylic acids is 1. The second kappa shape index (κ2) is 45.9. The summed E-state index contributed by atoms with van der Waals surface area (Å²) in [7, 11) is 0. The summed E-state index contributed by atoms with van der Waals surface area (Å²) in [6, 6.07) is -0.858. The Labute approximate surface area is 359 Å². The van der Waals surface area contributed by atoms with E-state index >= 15 is 0 Å². The second-order valence-electron chi connectivity index (χ2n) is 17.2. The zero-order chi connectivity index (χ0) is 42.4. The summed E-state index contributed by atoms with van der Waals surface area (Å²) in [5.74, 6) is -1.23. The highest BCUT2D eigenvalue weighted by Crippen LogP contribution is 2.19. The van der Waals surface area contributed by atoms with Crippen molar-refractivity contribution in [3.63, 3.8) is 0 Å². The molecule has 0 aromatic carbocycles. The van der Waals surface area contributed by atoms with Crippen molar-refractivity contribution in [2.45, 2.75) is 276 Å². The van der Waals surface area contributed by atoms with Crippen LogP contribution in [-0.2, 0) is 19.1 Å². The Morgan fingerprint density at radius 2 is 0.845 bits per heavy atom. The molecule has 0 aromatic heterocycles. The third kappa shape index (κ3) is 42.0. The molecule has 0 saturated carbocycles. The van der Waals surface area contributed by atoms with Crippen LogP contribution in [0.1, 0.15) is 264 Å². The van der Waals surface area contributed by atoms with E-state index in [9.17, 15) is 19.5 Å². The molecule has 7 heteroatoms. The number of esters is 1. The molecule has 7 nitrogen and oxygen atoms in total. The number of nitrogens with two attached hydrogens (primary N) is 1. The van der Waals surface area contributed by atoms with Gasteiger partial charge in [-0.1, -0.05) is 173 Å². The summed E-state index contributed by atoms with van der Waals surface area (Å²) in [5.41, 5.74) is 5.50. The van der Waals surface area contributed by atoms with Crippen LogP contribution in [0.2, 0.25) is 0 Å². The Bertz CT molecular complexity index is 967. The number of allylic oxidation sites excluding steroid dienone is 4. The lowest BCUT2D eigenvalue weighted by molar-refractivity contribution is -0.150. The van der Waals surface area contributed by atoms with Crippen LogP contribution in [0.3, 0.4) is 0 Å². The number of amides is 1. The molecule has 2 unspecified atom stereocenters. The van der Waals surface area contributed by atoms with Crippen molar-refractivity contribution in [2.75, 3.05) is 6.54 Å². The number of hydrogen-bond donors (Lipinski definition) is 3. The standard InChI is InChI=1S/C51H96N2O5/c1-3-5-7-9-11-13-15-17-19-20-22-24-26-28-30-35-39-45-50(55)58-47(41-36-32-29-27-25-23-21-18-16-14-12-10-8-6-4-2)42-37-33-31-34-38-44-49(54)53-48(51(56)57)43-40-46-52/h17,19,23,25,47-48H,3-16,18,20-22,24,26-46,52H2,1-2H3,(H,53,54)(H,56,57)/b19-17-,25-23-. The van der Waals surface area contributed by atoms with Crippen molar-refractivity contribution in [1.29, 1.82) is 0 Å². The van der Waals surface area contributed by atoms with Crippen LogP contribution in [0.4, 0.5) is 0 Å². The van der Waals surface area contributed by atoms with Crippen LogP contribution in [0.15, 0.2) is 24.3 Å². The number of carboxylic acid groups (broad SMARTS) is 1. The van der Waals surface area contributed by atoms with Crippen molar-refractivity contribution in [2.24, 2.45) is 5.73 Å². The molecule has 58 heavy (non-hydrogen) atoms. The first-order chi connectivity index (χ1) is 28.4. The lowest BCUT2D eigenvalue weighted by Gasteiger charge is -2.18. The second-order valence-corrected chi connectivity index (χ2v) is 17.2. The summed E-state index contributed by atoms with van der Waals surface area (Å²) in [4.78, 5) is 36.5.